The van der Waals surface area contributed by atoms with Gasteiger partial charge in [0.1, 0.15) is 0 Å². The van der Waals surface area contributed by atoms with E-state index < -0.39 is 6.10 Å². The van der Waals surface area contributed by atoms with Crippen molar-refractivity contribution in [2.75, 3.05) is 34.9 Å². The van der Waals surface area contributed by atoms with Gasteiger partial charge in [-0.05, 0) is 24.7 Å². The van der Waals surface area contributed by atoms with Crippen molar-refractivity contribution in [3.05, 3.63) is 0 Å². The van der Waals surface area contributed by atoms with E-state index in [4.69, 9.17) is 9.47 Å². The number of rotatable bonds is 13. The molecule has 1 heterocycles. The highest BCUT2D eigenvalue weighted by Crippen LogP contribution is 2.29. The molecule has 0 aromatic heterocycles. The molecule has 1 rings (SSSR count). The summed E-state index contributed by atoms with van der Waals surface area (Å²) in [7, 11) is 6.64. The minimum Gasteiger partial charge on any atom is -0.379 e. The molecule has 6 unspecified atom stereocenters. The molecule has 33 heavy (non-hydrogen) atoms. The van der Waals surface area contributed by atoms with Crippen LogP contribution in [0.2, 0.25) is 0 Å². The first-order chi connectivity index (χ1) is 15.5. The largest absolute Gasteiger partial charge is 0.379 e. The Morgan fingerprint density at radius 3 is 2.21 bits per heavy atom. The highest BCUT2D eigenvalue weighted by atomic mass is 16.5. The number of hydrogen-bond acceptors (Lipinski definition) is 5. The Labute approximate surface area is 200 Å². The molecule has 0 radical (unpaired) electrons. The second-order valence-electron chi connectivity index (χ2n) is 9.86. The molecule has 1 N–H and O–H groups in total. The lowest BCUT2D eigenvalue weighted by molar-refractivity contribution is -0.146. The lowest BCUT2D eigenvalue weighted by atomic mass is 9.90. The highest BCUT2D eigenvalue weighted by Gasteiger charge is 2.41. The zero-order chi connectivity index (χ0) is 25.3. The van der Waals surface area contributed by atoms with Gasteiger partial charge in [-0.25, -0.2) is 0 Å². The van der Waals surface area contributed by atoms with E-state index in [-0.39, 0.29) is 60.1 Å². The van der Waals surface area contributed by atoms with Gasteiger partial charge in [0.25, 0.3) is 0 Å². The molecule has 0 aliphatic carbocycles. The van der Waals surface area contributed by atoms with E-state index >= 15 is 0 Å². The second-order valence-corrected chi connectivity index (χ2v) is 9.86. The highest BCUT2D eigenvalue weighted by molar-refractivity contribution is 5.80. The Balaban J connectivity index is 3.07. The molecule has 1 saturated heterocycles. The van der Waals surface area contributed by atoms with Crippen LogP contribution in [0.1, 0.15) is 66.7 Å². The van der Waals surface area contributed by atoms with Gasteiger partial charge in [0, 0.05) is 41.3 Å². The molecule has 0 aromatic rings. The molecule has 0 aromatic carbocycles. The third-order valence-electron chi connectivity index (χ3n) is 7.13. The molecule has 6 atom stereocenters. The standard InChI is InChI=1S/C25H47N3O5/c1-10-17(4)23(27(7)21(29)14-16(2)3)20(32-8)15-22(30)28-13-11-12-19(28)24(33-9)18(5)25(31)26-6/h16-20,23-24H,10-15H2,1-9H3,(H,26,31). The summed E-state index contributed by atoms with van der Waals surface area (Å²) in [5, 5.41) is 2.68. The molecule has 1 aliphatic heterocycles. The summed E-state index contributed by atoms with van der Waals surface area (Å²) in [4.78, 5) is 42.2. The van der Waals surface area contributed by atoms with E-state index in [0.717, 1.165) is 19.3 Å². The van der Waals surface area contributed by atoms with Crippen LogP contribution < -0.4 is 5.32 Å². The van der Waals surface area contributed by atoms with Crippen LogP contribution in [0.4, 0.5) is 0 Å². The number of ether oxygens (including phenoxy) is 2. The van der Waals surface area contributed by atoms with Crippen LogP contribution in [-0.4, -0.2) is 86.7 Å². The summed E-state index contributed by atoms with van der Waals surface area (Å²) >= 11 is 0. The maximum atomic E-state index is 13.5. The van der Waals surface area contributed by atoms with Crippen LogP contribution in [0.5, 0.6) is 0 Å². The topological polar surface area (TPSA) is 88.2 Å². The Morgan fingerprint density at radius 1 is 1.09 bits per heavy atom. The quantitative estimate of drug-likeness (QED) is 0.448. The average molecular weight is 470 g/mol. The summed E-state index contributed by atoms with van der Waals surface area (Å²) in [6.07, 6.45) is 2.41. The first-order valence-electron chi connectivity index (χ1n) is 12.4. The minimum atomic E-state index is -0.410. The zero-order valence-electron chi connectivity index (χ0n) is 22.2. The average Bonchev–Trinajstić information content (AvgIpc) is 3.26. The number of hydrogen-bond donors (Lipinski definition) is 1. The van der Waals surface area contributed by atoms with Crippen molar-refractivity contribution in [2.45, 2.75) is 91.0 Å². The van der Waals surface area contributed by atoms with E-state index in [1.807, 2.05) is 32.7 Å². The van der Waals surface area contributed by atoms with Gasteiger partial charge >= 0.3 is 0 Å². The van der Waals surface area contributed by atoms with Crippen molar-refractivity contribution < 1.29 is 23.9 Å². The molecule has 0 saturated carbocycles. The van der Waals surface area contributed by atoms with Crippen molar-refractivity contribution in [2.24, 2.45) is 17.8 Å². The Kier molecular flexibility index (Phi) is 12.4. The van der Waals surface area contributed by atoms with E-state index in [2.05, 4.69) is 19.2 Å². The van der Waals surface area contributed by atoms with Gasteiger partial charge in [-0.1, -0.05) is 41.0 Å². The monoisotopic (exact) mass is 469 g/mol. The van der Waals surface area contributed by atoms with E-state index in [1.54, 1.807) is 26.2 Å². The van der Waals surface area contributed by atoms with Gasteiger partial charge < -0.3 is 24.6 Å². The summed E-state index contributed by atoms with van der Waals surface area (Å²) in [6, 6.07) is -0.353. The molecule has 192 valence electrons. The fourth-order valence-corrected chi connectivity index (χ4v) is 5.05. The fraction of sp³-hybridized carbons (Fsp3) is 0.880. The van der Waals surface area contributed by atoms with Gasteiger partial charge in [-0.2, -0.15) is 0 Å². The minimum absolute atomic E-state index is 0.0199. The van der Waals surface area contributed by atoms with Crippen LogP contribution in [0.25, 0.3) is 0 Å². The maximum Gasteiger partial charge on any atom is 0.225 e. The van der Waals surface area contributed by atoms with Gasteiger partial charge in [-0.3, -0.25) is 14.4 Å². The Hall–Kier alpha value is -1.67. The van der Waals surface area contributed by atoms with Gasteiger partial charge in [0.05, 0.1) is 36.6 Å². The number of likely N-dealkylation sites (tertiary alicyclic amines) is 1. The van der Waals surface area contributed by atoms with Gasteiger partial charge in [0.2, 0.25) is 17.7 Å². The summed E-state index contributed by atoms with van der Waals surface area (Å²) in [6.45, 7) is 10.7. The van der Waals surface area contributed by atoms with Crippen molar-refractivity contribution in [3.8, 4) is 0 Å². The smallest absolute Gasteiger partial charge is 0.225 e. The predicted molar refractivity (Wildman–Crippen MR) is 130 cm³/mol. The summed E-state index contributed by atoms with van der Waals surface area (Å²) < 4.78 is 11.5. The Morgan fingerprint density at radius 2 is 1.73 bits per heavy atom. The van der Waals surface area contributed by atoms with Crippen LogP contribution in [0.3, 0.4) is 0 Å². The number of amides is 3. The number of carbonyl (C=O) groups excluding carboxylic acids is 3. The van der Waals surface area contributed by atoms with Crippen molar-refractivity contribution in [1.29, 1.82) is 0 Å². The van der Waals surface area contributed by atoms with E-state index in [1.165, 1.54) is 0 Å². The zero-order valence-corrected chi connectivity index (χ0v) is 22.2. The summed E-state index contributed by atoms with van der Waals surface area (Å²) in [5.74, 6) is 0.0237. The normalized spacial score (nSPS) is 20.8. The molecular formula is C25H47N3O5. The first-order valence-corrected chi connectivity index (χ1v) is 12.4. The summed E-state index contributed by atoms with van der Waals surface area (Å²) in [5.41, 5.74) is 0. The van der Waals surface area contributed by atoms with Crippen molar-refractivity contribution in [3.63, 3.8) is 0 Å². The molecule has 0 spiro atoms. The first kappa shape index (κ1) is 29.4. The number of likely N-dealkylation sites (N-methyl/N-ethyl adjacent to an activating group) is 1. The molecule has 1 fully saturated rings. The van der Waals surface area contributed by atoms with Crippen LogP contribution in [-0.2, 0) is 23.9 Å². The number of nitrogens with one attached hydrogen (secondary N) is 1. The SMILES string of the molecule is CCC(C)C(C(CC(=O)N1CCCC1C(OC)C(C)C(=O)NC)OC)N(C)C(=O)CC(C)C. The Bertz CT molecular complexity index is 642. The second kappa shape index (κ2) is 13.9. The predicted octanol–water partition coefficient (Wildman–Crippen LogP) is 2.70. The van der Waals surface area contributed by atoms with Crippen LogP contribution >= 0.6 is 0 Å². The third kappa shape index (κ3) is 7.67. The molecule has 3 amide bonds. The van der Waals surface area contributed by atoms with Gasteiger partial charge in [0.15, 0.2) is 0 Å². The van der Waals surface area contributed by atoms with Gasteiger partial charge in [-0.15, -0.1) is 0 Å². The van der Waals surface area contributed by atoms with E-state index in [0.29, 0.717) is 13.0 Å². The lowest BCUT2D eigenvalue weighted by Crippen LogP contribution is -2.53. The molecule has 8 heteroatoms. The lowest BCUT2D eigenvalue weighted by Gasteiger charge is -2.39. The number of nitrogens with zero attached hydrogens (tertiary/aromatic N) is 2. The molecule has 1 aliphatic rings. The maximum absolute atomic E-state index is 13.5. The van der Waals surface area contributed by atoms with Crippen LogP contribution in [0.15, 0.2) is 0 Å². The third-order valence-corrected chi connectivity index (χ3v) is 7.13. The fourth-order valence-electron chi connectivity index (χ4n) is 5.05. The molecule has 0 bridgehead atoms. The number of carbonyl (C=O) groups is 3. The van der Waals surface area contributed by atoms with Crippen molar-refractivity contribution >= 4 is 17.7 Å². The van der Waals surface area contributed by atoms with Crippen LogP contribution in [0, 0.1) is 17.8 Å². The van der Waals surface area contributed by atoms with E-state index in [9.17, 15) is 14.4 Å². The molecular weight excluding hydrogens is 422 g/mol. The number of methoxy groups -OCH3 is 2. The van der Waals surface area contributed by atoms with Crippen molar-refractivity contribution in [1.82, 2.24) is 15.1 Å². The molecule has 8 nitrogen and oxygen atoms in total.